The number of ether oxygens (including phenoxy) is 2. The van der Waals surface area contributed by atoms with E-state index in [0.717, 1.165) is 31.6 Å². The van der Waals surface area contributed by atoms with Gasteiger partial charge >= 0.3 is 0 Å². The van der Waals surface area contributed by atoms with Gasteiger partial charge in [-0.2, -0.15) is 0 Å². The van der Waals surface area contributed by atoms with E-state index in [-0.39, 0.29) is 36.4 Å². The van der Waals surface area contributed by atoms with Gasteiger partial charge in [0.2, 0.25) is 0 Å². The van der Waals surface area contributed by atoms with Gasteiger partial charge in [-0.3, -0.25) is 9.59 Å². The number of halogens is 1. The van der Waals surface area contributed by atoms with Crippen molar-refractivity contribution in [1.82, 2.24) is 9.80 Å². The second-order valence-corrected chi connectivity index (χ2v) is 9.20. The maximum atomic E-state index is 13.9. The smallest absolute Gasteiger partial charge is 0.257 e. The first-order valence-electron chi connectivity index (χ1n) is 11.7. The van der Waals surface area contributed by atoms with E-state index < -0.39 is 11.4 Å². The highest BCUT2D eigenvalue weighted by molar-refractivity contribution is 5.96. The van der Waals surface area contributed by atoms with E-state index in [0.29, 0.717) is 25.6 Å². The van der Waals surface area contributed by atoms with Gasteiger partial charge in [0.15, 0.2) is 5.60 Å². The minimum absolute atomic E-state index is 0.0559. The van der Waals surface area contributed by atoms with E-state index in [4.69, 9.17) is 9.47 Å². The number of hydrogen-bond donors (Lipinski definition) is 0. The Morgan fingerprint density at radius 1 is 1.06 bits per heavy atom. The summed E-state index contributed by atoms with van der Waals surface area (Å²) in [6.07, 6.45) is 1.88. The molecule has 0 bridgehead atoms. The molecule has 3 aliphatic rings. The summed E-state index contributed by atoms with van der Waals surface area (Å²) in [5.74, 6) is -0.568. The van der Waals surface area contributed by atoms with Gasteiger partial charge in [0.1, 0.15) is 5.82 Å². The molecule has 0 radical (unpaired) electrons. The van der Waals surface area contributed by atoms with Crippen molar-refractivity contribution in [2.45, 2.75) is 24.4 Å². The Labute approximate surface area is 193 Å². The third-order valence-corrected chi connectivity index (χ3v) is 7.14. The summed E-state index contributed by atoms with van der Waals surface area (Å²) in [7, 11) is 0. The summed E-state index contributed by atoms with van der Waals surface area (Å²) in [6.45, 7) is 3.48. The van der Waals surface area contributed by atoms with Gasteiger partial charge in [0.05, 0.1) is 13.2 Å². The van der Waals surface area contributed by atoms with Gasteiger partial charge in [-0.05, 0) is 42.5 Å². The number of carbonyl (C=O) groups excluding carboxylic acids is 2. The molecule has 2 atom stereocenters. The number of nitrogens with zero attached hydrogens (tertiary/aromatic N) is 2. The maximum absolute atomic E-state index is 13.9. The van der Waals surface area contributed by atoms with Crippen molar-refractivity contribution >= 4 is 11.8 Å². The minimum atomic E-state index is -1.13. The quantitative estimate of drug-likeness (QED) is 0.716. The third kappa shape index (κ3) is 4.27. The van der Waals surface area contributed by atoms with E-state index in [2.05, 4.69) is 0 Å². The molecule has 5 rings (SSSR count). The number of amides is 2. The molecule has 1 spiro atoms. The lowest BCUT2D eigenvalue weighted by atomic mass is 9.83. The Hall–Kier alpha value is -2.77. The molecule has 2 aromatic carbocycles. The number of hydrogen-bond acceptors (Lipinski definition) is 4. The first-order valence-corrected chi connectivity index (χ1v) is 11.7. The summed E-state index contributed by atoms with van der Waals surface area (Å²) in [5, 5.41) is 0. The van der Waals surface area contributed by atoms with Crippen molar-refractivity contribution in [1.29, 1.82) is 0 Å². The average Bonchev–Trinajstić information content (AvgIpc) is 3.10. The van der Waals surface area contributed by atoms with E-state index >= 15 is 0 Å². The van der Waals surface area contributed by atoms with Crippen LogP contribution in [-0.2, 0) is 14.3 Å². The van der Waals surface area contributed by atoms with E-state index in [1.807, 2.05) is 35.2 Å². The minimum Gasteiger partial charge on any atom is -0.381 e. The lowest BCUT2D eigenvalue weighted by Crippen LogP contribution is -2.59. The number of likely N-dealkylation sites (tertiary alicyclic amines) is 1. The van der Waals surface area contributed by atoms with E-state index in [9.17, 15) is 14.0 Å². The van der Waals surface area contributed by atoms with Crippen LogP contribution in [-0.4, -0.2) is 73.2 Å². The van der Waals surface area contributed by atoms with Crippen LogP contribution < -0.4 is 0 Å². The largest absolute Gasteiger partial charge is 0.381 e. The van der Waals surface area contributed by atoms with Gasteiger partial charge in [-0.15, -0.1) is 0 Å². The van der Waals surface area contributed by atoms with Crippen molar-refractivity contribution in [3.05, 3.63) is 71.5 Å². The first-order chi connectivity index (χ1) is 16.1. The van der Waals surface area contributed by atoms with Crippen molar-refractivity contribution in [2.24, 2.45) is 5.92 Å². The van der Waals surface area contributed by atoms with Crippen molar-refractivity contribution in [3.8, 4) is 0 Å². The van der Waals surface area contributed by atoms with Crippen molar-refractivity contribution < 1.29 is 23.5 Å². The van der Waals surface area contributed by atoms with Gasteiger partial charge < -0.3 is 19.3 Å². The van der Waals surface area contributed by atoms with Crippen LogP contribution in [0.25, 0.3) is 0 Å². The predicted molar refractivity (Wildman–Crippen MR) is 120 cm³/mol. The second-order valence-electron chi connectivity index (χ2n) is 9.20. The Bertz CT molecular complexity index is 1010. The molecule has 2 amide bonds. The molecular formula is C26H29FN2O4. The fraction of sp³-hybridized carbons (Fsp3) is 0.462. The lowest BCUT2D eigenvalue weighted by molar-refractivity contribution is -0.160. The van der Waals surface area contributed by atoms with Gasteiger partial charge in [0, 0.05) is 44.3 Å². The molecule has 33 heavy (non-hydrogen) atoms. The first kappa shape index (κ1) is 22.0. The number of carbonyl (C=O) groups is 2. The lowest BCUT2D eigenvalue weighted by Gasteiger charge is -2.42. The molecule has 3 saturated heterocycles. The monoisotopic (exact) mass is 452 g/mol. The molecule has 0 aliphatic carbocycles. The van der Waals surface area contributed by atoms with Crippen LogP contribution in [0, 0.1) is 11.7 Å². The zero-order chi connectivity index (χ0) is 22.8. The van der Waals surface area contributed by atoms with Gasteiger partial charge in [-0.25, -0.2) is 4.39 Å². The zero-order valence-electron chi connectivity index (χ0n) is 18.6. The van der Waals surface area contributed by atoms with Crippen LogP contribution in [0.2, 0.25) is 0 Å². The normalized spacial score (nSPS) is 26.2. The van der Waals surface area contributed by atoms with Gasteiger partial charge in [0.25, 0.3) is 11.8 Å². The molecule has 0 unspecified atom stereocenters. The summed E-state index contributed by atoms with van der Waals surface area (Å²) in [6, 6.07) is 15.6. The Morgan fingerprint density at radius 2 is 1.85 bits per heavy atom. The fourth-order valence-corrected chi connectivity index (χ4v) is 5.39. The number of rotatable bonds is 4. The highest BCUT2D eigenvalue weighted by atomic mass is 19.1. The van der Waals surface area contributed by atoms with Crippen LogP contribution in [0.4, 0.5) is 4.39 Å². The molecule has 0 N–H and O–H groups in total. The highest BCUT2D eigenvalue weighted by Gasteiger charge is 2.58. The standard InChI is InChI=1S/C26H29FN2O4/c27-22-8-4-7-21(15-22)24(30)28-11-14-33-26(18-28)23(20-5-2-1-3-6-20)17-29(25(26)31)16-19-9-12-32-13-10-19/h1-8,15,19,23H,9-14,16-18H2/t23-,26+/m0/s1. The zero-order valence-corrected chi connectivity index (χ0v) is 18.6. The molecular weight excluding hydrogens is 423 g/mol. The topological polar surface area (TPSA) is 59.1 Å². The summed E-state index contributed by atoms with van der Waals surface area (Å²) in [4.78, 5) is 30.6. The van der Waals surface area contributed by atoms with Crippen LogP contribution in [0.15, 0.2) is 54.6 Å². The Kier molecular flexibility index (Phi) is 6.17. The Morgan fingerprint density at radius 3 is 2.61 bits per heavy atom. The molecule has 0 saturated carbocycles. The Balaban J connectivity index is 1.44. The summed E-state index contributed by atoms with van der Waals surface area (Å²) in [5.41, 5.74) is 0.182. The van der Waals surface area contributed by atoms with Gasteiger partial charge in [-0.1, -0.05) is 36.4 Å². The van der Waals surface area contributed by atoms with Crippen molar-refractivity contribution in [3.63, 3.8) is 0 Å². The molecule has 3 fully saturated rings. The molecule has 0 aromatic heterocycles. The van der Waals surface area contributed by atoms with Crippen LogP contribution in [0.3, 0.4) is 0 Å². The summed E-state index contributed by atoms with van der Waals surface area (Å²) < 4.78 is 25.5. The second kappa shape index (κ2) is 9.23. The summed E-state index contributed by atoms with van der Waals surface area (Å²) >= 11 is 0. The predicted octanol–water partition coefficient (Wildman–Crippen LogP) is 3.09. The van der Waals surface area contributed by atoms with Crippen LogP contribution in [0.5, 0.6) is 0 Å². The molecule has 7 heteroatoms. The molecule has 3 heterocycles. The molecule has 6 nitrogen and oxygen atoms in total. The number of benzene rings is 2. The number of morpholine rings is 1. The third-order valence-electron chi connectivity index (χ3n) is 7.14. The van der Waals surface area contributed by atoms with E-state index in [1.54, 1.807) is 11.0 Å². The van der Waals surface area contributed by atoms with Crippen molar-refractivity contribution in [2.75, 3.05) is 46.0 Å². The fourth-order valence-electron chi connectivity index (χ4n) is 5.39. The van der Waals surface area contributed by atoms with E-state index in [1.165, 1.54) is 18.2 Å². The maximum Gasteiger partial charge on any atom is 0.257 e. The molecule has 174 valence electrons. The average molecular weight is 453 g/mol. The van der Waals surface area contributed by atoms with Crippen LogP contribution in [0.1, 0.15) is 34.7 Å². The SMILES string of the molecule is O=C(c1cccc(F)c1)N1CCO[C@@]2(C1)C(=O)N(CC1CCOCC1)C[C@H]2c1ccccc1. The molecule has 3 aliphatic heterocycles. The highest BCUT2D eigenvalue weighted by Crippen LogP contribution is 2.43. The molecule has 2 aromatic rings. The van der Waals surface area contributed by atoms with Crippen LogP contribution >= 0.6 is 0 Å².